The highest BCUT2D eigenvalue weighted by atomic mass is 15.2. The lowest BCUT2D eigenvalue weighted by molar-refractivity contribution is 0.137. The Morgan fingerprint density at radius 1 is 1.11 bits per heavy atom. The molecule has 0 bridgehead atoms. The summed E-state index contributed by atoms with van der Waals surface area (Å²) < 4.78 is 0. The number of piperidine rings is 1. The lowest BCUT2D eigenvalue weighted by Gasteiger charge is -2.35. The summed E-state index contributed by atoms with van der Waals surface area (Å²) in [4.78, 5) is 11.0. The molecule has 2 heterocycles. The normalized spacial score (nSPS) is 20.3. The van der Waals surface area contributed by atoms with E-state index in [2.05, 4.69) is 45.2 Å². The molecule has 1 atom stereocenters. The fourth-order valence-corrected chi connectivity index (χ4v) is 2.83. The van der Waals surface area contributed by atoms with Crippen molar-refractivity contribution in [2.24, 2.45) is 0 Å². The quantitative estimate of drug-likeness (QED) is 0.841. The van der Waals surface area contributed by atoms with Crippen molar-refractivity contribution < 1.29 is 0 Å². The number of nitrogens with zero attached hydrogens (tertiary/aromatic N) is 3. The van der Waals surface area contributed by atoms with Gasteiger partial charge in [-0.15, -0.1) is 0 Å². The van der Waals surface area contributed by atoms with Gasteiger partial charge in [-0.3, -0.25) is 4.90 Å². The zero-order valence-electron chi connectivity index (χ0n) is 11.1. The predicted molar refractivity (Wildman–Crippen MR) is 75.5 cm³/mol. The van der Waals surface area contributed by atoms with Crippen molar-refractivity contribution in [2.75, 3.05) is 6.54 Å². The van der Waals surface area contributed by atoms with Crippen molar-refractivity contribution >= 4 is 0 Å². The van der Waals surface area contributed by atoms with Gasteiger partial charge in [0.25, 0.3) is 0 Å². The molecular weight excluding hydrogens is 234 g/mol. The third-order valence-electron chi connectivity index (χ3n) is 3.79. The minimum absolute atomic E-state index is 0.442. The molecule has 3 nitrogen and oxygen atoms in total. The minimum Gasteiger partial charge on any atom is -0.291 e. The molecule has 0 saturated carbocycles. The Bertz CT molecular complexity index is 498. The van der Waals surface area contributed by atoms with Crippen molar-refractivity contribution in [2.45, 2.75) is 31.8 Å². The summed E-state index contributed by atoms with van der Waals surface area (Å²) in [7, 11) is 0. The Morgan fingerprint density at radius 3 is 2.79 bits per heavy atom. The van der Waals surface area contributed by atoms with Crippen LogP contribution in [-0.4, -0.2) is 21.4 Å². The molecule has 3 rings (SSSR count). The molecule has 0 spiro atoms. The largest absolute Gasteiger partial charge is 0.291 e. The molecule has 0 radical (unpaired) electrons. The van der Waals surface area contributed by atoms with E-state index in [-0.39, 0.29) is 0 Å². The highest BCUT2D eigenvalue weighted by Crippen LogP contribution is 2.30. The van der Waals surface area contributed by atoms with Gasteiger partial charge in [-0.2, -0.15) is 0 Å². The van der Waals surface area contributed by atoms with Crippen LogP contribution in [0.1, 0.15) is 36.6 Å². The molecule has 98 valence electrons. The Kier molecular flexibility index (Phi) is 3.84. The number of likely N-dealkylation sites (tertiary alicyclic amines) is 1. The van der Waals surface area contributed by atoms with Crippen molar-refractivity contribution in [1.82, 2.24) is 14.9 Å². The van der Waals surface area contributed by atoms with Crippen LogP contribution >= 0.6 is 0 Å². The first kappa shape index (κ1) is 12.3. The first-order chi connectivity index (χ1) is 9.43. The number of benzene rings is 1. The standard InChI is InChI=1S/C16H19N3/c1-2-6-14(7-3-1)12-19-11-5-4-8-16(19)15-9-10-17-13-18-15/h1-3,6-7,9-10,13,16H,4-5,8,11-12H2. The topological polar surface area (TPSA) is 29.0 Å². The van der Waals surface area contributed by atoms with Crippen molar-refractivity contribution in [3.63, 3.8) is 0 Å². The van der Waals surface area contributed by atoms with Gasteiger partial charge in [0.1, 0.15) is 6.33 Å². The maximum absolute atomic E-state index is 4.44. The van der Waals surface area contributed by atoms with Gasteiger partial charge in [-0.1, -0.05) is 36.8 Å². The zero-order chi connectivity index (χ0) is 12.9. The summed E-state index contributed by atoms with van der Waals surface area (Å²) >= 11 is 0. The van der Waals surface area contributed by atoms with Crippen LogP contribution in [0, 0.1) is 0 Å². The Labute approximate surface area is 114 Å². The summed E-state index contributed by atoms with van der Waals surface area (Å²) in [5, 5.41) is 0. The van der Waals surface area contributed by atoms with Crippen LogP contribution in [0.25, 0.3) is 0 Å². The second kappa shape index (κ2) is 5.93. The highest BCUT2D eigenvalue weighted by molar-refractivity contribution is 5.15. The Balaban J connectivity index is 1.78. The van der Waals surface area contributed by atoms with E-state index in [1.807, 2.05) is 12.3 Å². The number of hydrogen-bond acceptors (Lipinski definition) is 3. The summed E-state index contributed by atoms with van der Waals surface area (Å²) in [5.41, 5.74) is 2.54. The third kappa shape index (κ3) is 2.99. The van der Waals surface area contributed by atoms with Crippen LogP contribution < -0.4 is 0 Å². The molecule has 0 N–H and O–H groups in total. The lowest BCUT2D eigenvalue weighted by Crippen LogP contribution is -2.33. The molecule has 1 saturated heterocycles. The van der Waals surface area contributed by atoms with E-state index in [1.54, 1.807) is 6.33 Å². The van der Waals surface area contributed by atoms with Gasteiger partial charge in [0.05, 0.1) is 11.7 Å². The Hall–Kier alpha value is -1.74. The van der Waals surface area contributed by atoms with Crippen molar-refractivity contribution in [1.29, 1.82) is 0 Å². The van der Waals surface area contributed by atoms with Crippen LogP contribution in [0.2, 0.25) is 0 Å². The van der Waals surface area contributed by atoms with E-state index in [1.165, 1.54) is 24.8 Å². The maximum atomic E-state index is 4.44. The van der Waals surface area contributed by atoms with Gasteiger partial charge in [-0.25, -0.2) is 9.97 Å². The summed E-state index contributed by atoms with van der Waals surface area (Å²) in [5.74, 6) is 0. The number of aromatic nitrogens is 2. The van der Waals surface area contributed by atoms with E-state index in [0.717, 1.165) is 18.8 Å². The molecular formula is C16H19N3. The van der Waals surface area contributed by atoms with Gasteiger partial charge in [0.2, 0.25) is 0 Å². The molecule has 0 amide bonds. The Morgan fingerprint density at radius 2 is 2.00 bits per heavy atom. The maximum Gasteiger partial charge on any atom is 0.115 e. The number of hydrogen-bond donors (Lipinski definition) is 0. The van der Waals surface area contributed by atoms with Crippen LogP contribution in [0.3, 0.4) is 0 Å². The van der Waals surface area contributed by atoms with Crippen LogP contribution in [-0.2, 0) is 6.54 Å². The molecule has 1 unspecified atom stereocenters. The van der Waals surface area contributed by atoms with E-state index >= 15 is 0 Å². The van der Waals surface area contributed by atoms with Gasteiger partial charge < -0.3 is 0 Å². The van der Waals surface area contributed by atoms with E-state index < -0.39 is 0 Å². The second-order valence-corrected chi connectivity index (χ2v) is 5.10. The zero-order valence-corrected chi connectivity index (χ0v) is 11.1. The number of rotatable bonds is 3. The molecule has 1 aliphatic heterocycles. The molecule has 1 aliphatic rings. The third-order valence-corrected chi connectivity index (χ3v) is 3.79. The van der Waals surface area contributed by atoms with Crippen LogP contribution in [0.15, 0.2) is 48.9 Å². The molecule has 3 heteroatoms. The highest BCUT2D eigenvalue weighted by Gasteiger charge is 2.24. The molecule has 1 aromatic carbocycles. The van der Waals surface area contributed by atoms with Crippen molar-refractivity contribution in [3.8, 4) is 0 Å². The van der Waals surface area contributed by atoms with Crippen LogP contribution in [0.4, 0.5) is 0 Å². The average molecular weight is 253 g/mol. The fourth-order valence-electron chi connectivity index (χ4n) is 2.83. The van der Waals surface area contributed by atoms with E-state index in [9.17, 15) is 0 Å². The average Bonchev–Trinajstić information content (AvgIpc) is 2.50. The lowest BCUT2D eigenvalue weighted by atomic mass is 9.98. The van der Waals surface area contributed by atoms with Gasteiger partial charge in [0, 0.05) is 12.7 Å². The first-order valence-corrected chi connectivity index (χ1v) is 6.97. The van der Waals surface area contributed by atoms with Crippen LogP contribution in [0.5, 0.6) is 0 Å². The van der Waals surface area contributed by atoms with Gasteiger partial charge >= 0.3 is 0 Å². The fraction of sp³-hybridized carbons (Fsp3) is 0.375. The summed E-state index contributed by atoms with van der Waals surface area (Å²) in [6.45, 7) is 2.17. The van der Waals surface area contributed by atoms with Gasteiger partial charge in [-0.05, 0) is 31.0 Å². The molecule has 2 aromatic rings. The van der Waals surface area contributed by atoms with Gasteiger partial charge in [0.15, 0.2) is 0 Å². The molecule has 1 aromatic heterocycles. The molecule has 1 fully saturated rings. The second-order valence-electron chi connectivity index (χ2n) is 5.10. The summed E-state index contributed by atoms with van der Waals surface area (Å²) in [6, 6.07) is 13.2. The van der Waals surface area contributed by atoms with E-state index in [4.69, 9.17) is 0 Å². The monoisotopic (exact) mass is 253 g/mol. The molecule has 0 aliphatic carbocycles. The summed E-state index contributed by atoms with van der Waals surface area (Å²) in [6.07, 6.45) is 7.28. The SMILES string of the molecule is c1ccc(CN2CCCCC2c2ccncn2)cc1. The molecule has 19 heavy (non-hydrogen) atoms. The predicted octanol–water partition coefficient (Wildman–Crippen LogP) is 3.20. The smallest absolute Gasteiger partial charge is 0.115 e. The van der Waals surface area contributed by atoms with E-state index in [0.29, 0.717) is 6.04 Å². The first-order valence-electron chi connectivity index (χ1n) is 6.97. The minimum atomic E-state index is 0.442. The van der Waals surface area contributed by atoms with Crippen molar-refractivity contribution in [3.05, 3.63) is 60.2 Å².